The molecule has 0 aliphatic carbocycles. The predicted molar refractivity (Wildman–Crippen MR) is 88.1 cm³/mol. The van der Waals surface area contributed by atoms with Gasteiger partial charge in [0.05, 0.1) is 31.2 Å². The SMILES string of the molecule is Nc1ccc(NC(=O)CC(NCCOCCO)C(=O)O)cc1[N+](=O)[O-]. The number of carbonyl (C=O) groups excluding carboxylic acids is 1. The van der Waals surface area contributed by atoms with Crippen LogP contribution in [-0.2, 0) is 14.3 Å². The molecule has 0 heterocycles. The van der Waals surface area contributed by atoms with E-state index in [0.29, 0.717) is 0 Å². The van der Waals surface area contributed by atoms with E-state index in [9.17, 15) is 19.7 Å². The number of ether oxygens (including phenoxy) is 1. The number of rotatable bonds is 11. The Kier molecular flexibility index (Phi) is 8.26. The van der Waals surface area contributed by atoms with E-state index >= 15 is 0 Å². The number of aliphatic hydroxyl groups is 1. The Morgan fingerprint density at radius 2 is 2.08 bits per heavy atom. The average Bonchev–Trinajstić information content (AvgIpc) is 2.54. The zero-order chi connectivity index (χ0) is 18.8. The van der Waals surface area contributed by atoms with Crippen LogP contribution < -0.4 is 16.4 Å². The number of carboxylic acids is 1. The van der Waals surface area contributed by atoms with E-state index in [1.807, 2.05) is 0 Å². The third-order valence-corrected chi connectivity index (χ3v) is 3.07. The predicted octanol–water partition coefficient (Wildman–Crippen LogP) is -0.443. The fourth-order valence-corrected chi connectivity index (χ4v) is 1.90. The molecule has 138 valence electrons. The summed E-state index contributed by atoms with van der Waals surface area (Å²) in [5, 5.41) is 33.5. The van der Waals surface area contributed by atoms with Gasteiger partial charge in [0, 0.05) is 18.3 Å². The van der Waals surface area contributed by atoms with E-state index in [1.165, 1.54) is 12.1 Å². The maximum atomic E-state index is 11.9. The summed E-state index contributed by atoms with van der Waals surface area (Å²) in [6.45, 7) is 0.349. The number of benzene rings is 1. The summed E-state index contributed by atoms with van der Waals surface area (Å²) in [4.78, 5) is 33.3. The number of nitro groups is 1. The van der Waals surface area contributed by atoms with Crippen molar-refractivity contribution in [2.24, 2.45) is 0 Å². The number of nitro benzene ring substituents is 1. The molecule has 0 aliphatic rings. The van der Waals surface area contributed by atoms with Gasteiger partial charge in [-0.1, -0.05) is 0 Å². The highest BCUT2D eigenvalue weighted by Crippen LogP contribution is 2.25. The minimum Gasteiger partial charge on any atom is -0.480 e. The number of carboxylic acid groups (broad SMARTS) is 1. The zero-order valence-corrected chi connectivity index (χ0v) is 13.3. The maximum absolute atomic E-state index is 11.9. The first-order chi connectivity index (χ1) is 11.8. The summed E-state index contributed by atoms with van der Waals surface area (Å²) in [5.41, 5.74) is 5.20. The molecule has 1 aromatic rings. The number of aliphatic carboxylic acids is 1. The first kappa shape index (κ1) is 20.3. The van der Waals surface area contributed by atoms with Crippen molar-refractivity contribution in [2.75, 3.05) is 37.4 Å². The number of anilines is 2. The number of aliphatic hydroxyl groups excluding tert-OH is 1. The maximum Gasteiger partial charge on any atom is 0.321 e. The van der Waals surface area contributed by atoms with Crippen LogP contribution in [-0.4, -0.2) is 59.4 Å². The van der Waals surface area contributed by atoms with E-state index in [0.717, 1.165) is 6.07 Å². The number of hydrogen-bond acceptors (Lipinski definition) is 8. The van der Waals surface area contributed by atoms with Crippen molar-refractivity contribution in [1.82, 2.24) is 5.32 Å². The molecule has 1 aromatic carbocycles. The lowest BCUT2D eigenvalue weighted by Crippen LogP contribution is -2.41. The van der Waals surface area contributed by atoms with Gasteiger partial charge < -0.3 is 31.3 Å². The summed E-state index contributed by atoms with van der Waals surface area (Å²) in [7, 11) is 0. The third kappa shape index (κ3) is 7.12. The van der Waals surface area contributed by atoms with Gasteiger partial charge in [-0.05, 0) is 12.1 Å². The molecule has 11 nitrogen and oxygen atoms in total. The van der Waals surface area contributed by atoms with E-state index < -0.39 is 22.8 Å². The fraction of sp³-hybridized carbons (Fsp3) is 0.429. The molecule has 0 spiro atoms. The lowest BCUT2D eigenvalue weighted by molar-refractivity contribution is -0.383. The van der Waals surface area contributed by atoms with Crippen LogP contribution in [0.25, 0.3) is 0 Å². The molecule has 0 saturated heterocycles. The van der Waals surface area contributed by atoms with Crippen molar-refractivity contribution in [3.05, 3.63) is 28.3 Å². The van der Waals surface area contributed by atoms with Gasteiger partial charge in [-0.15, -0.1) is 0 Å². The molecule has 0 aliphatic heterocycles. The summed E-state index contributed by atoms with van der Waals surface area (Å²) < 4.78 is 4.98. The van der Waals surface area contributed by atoms with Crippen LogP contribution in [0.3, 0.4) is 0 Å². The highest BCUT2D eigenvalue weighted by atomic mass is 16.6. The Balaban J connectivity index is 2.58. The van der Waals surface area contributed by atoms with Gasteiger partial charge in [0.2, 0.25) is 5.91 Å². The largest absolute Gasteiger partial charge is 0.480 e. The van der Waals surface area contributed by atoms with Gasteiger partial charge in [-0.3, -0.25) is 19.7 Å². The highest BCUT2D eigenvalue weighted by Gasteiger charge is 2.21. The van der Waals surface area contributed by atoms with Gasteiger partial charge in [0.15, 0.2) is 0 Å². The highest BCUT2D eigenvalue weighted by molar-refractivity contribution is 5.94. The Morgan fingerprint density at radius 1 is 1.36 bits per heavy atom. The van der Waals surface area contributed by atoms with Crippen molar-refractivity contribution >= 4 is 28.9 Å². The van der Waals surface area contributed by atoms with Gasteiger partial charge in [0.1, 0.15) is 11.7 Å². The van der Waals surface area contributed by atoms with Crippen LogP contribution in [0.4, 0.5) is 17.1 Å². The van der Waals surface area contributed by atoms with Crippen molar-refractivity contribution in [3.8, 4) is 0 Å². The first-order valence-corrected chi connectivity index (χ1v) is 7.33. The third-order valence-electron chi connectivity index (χ3n) is 3.07. The van der Waals surface area contributed by atoms with Crippen LogP contribution >= 0.6 is 0 Å². The second kappa shape index (κ2) is 10.2. The van der Waals surface area contributed by atoms with E-state index in [-0.39, 0.29) is 49.8 Å². The molecule has 6 N–H and O–H groups in total. The molecule has 0 aromatic heterocycles. The molecule has 25 heavy (non-hydrogen) atoms. The van der Waals surface area contributed by atoms with Crippen molar-refractivity contribution in [2.45, 2.75) is 12.5 Å². The summed E-state index contributed by atoms with van der Waals surface area (Å²) in [6.07, 6.45) is -0.381. The number of nitrogen functional groups attached to an aromatic ring is 1. The lowest BCUT2D eigenvalue weighted by atomic mass is 10.2. The number of carbonyl (C=O) groups is 2. The Hall–Kier alpha value is -2.76. The zero-order valence-electron chi connectivity index (χ0n) is 13.3. The Bertz CT molecular complexity index is 623. The first-order valence-electron chi connectivity index (χ1n) is 7.33. The van der Waals surface area contributed by atoms with Crippen molar-refractivity contribution in [3.63, 3.8) is 0 Å². The summed E-state index contributed by atoms with van der Waals surface area (Å²) in [6, 6.07) is 2.60. The number of hydrogen-bond donors (Lipinski definition) is 5. The van der Waals surface area contributed by atoms with E-state index in [4.69, 9.17) is 20.7 Å². The number of nitrogens with two attached hydrogens (primary N) is 1. The second-order valence-electron chi connectivity index (χ2n) is 4.96. The van der Waals surface area contributed by atoms with Crippen LogP contribution in [0.5, 0.6) is 0 Å². The molecular weight excluding hydrogens is 336 g/mol. The van der Waals surface area contributed by atoms with Crippen LogP contribution in [0.2, 0.25) is 0 Å². The van der Waals surface area contributed by atoms with Crippen molar-refractivity contribution < 1.29 is 29.5 Å². The van der Waals surface area contributed by atoms with Crippen LogP contribution in [0.1, 0.15) is 6.42 Å². The lowest BCUT2D eigenvalue weighted by Gasteiger charge is -2.14. The van der Waals surface area contributed by atoms with E-state index in [2.05, 4.69) is 10.6 Å². The van der Waals surface area contributed by atoms with Gasteiger partial charge in [0.25, 0.3) is 5.69 Å². The fourth-order valence-electron chi connectivity index (χ4n) is 1.90. The molecule has 0 fully saturated rings. The molecule has 1 unspecified atom stereocenters. The van der Waals surface area contributed by atoms with Gasteiger partial charge in [-0.2, -0.15) is 0 Å². The molecule has 1 rings (SSSR count). The minimum absolute atomic E-state index is 0.0454. The molecule has 11 heteroatoms. The van der Waals surface area contributed by atoms with Gasteiger partial charge in [-0.25, -0.2) is 0 Å². The van der Waals surface area contributed by atoms with E-state index in [1.54, 1.807) is 0 Å². The van der Waals surface area contributed by atoms with Gasteiger partial charge >= 0.3 is 5.97 Å². The molecule has 0 saturated carbocycles. The Morgan fingerprint density at radius 3 is 2.68 bits per heavy atom. The average molecular weight is 356 g/mol. The second-order valence-corrected chi connectivity index (χ2v) is 4.96. The standard InChI is InChI=1S/C14H20N4O7/c15-10-2-1-9(7-12(10)18(23)24)17-13(20)8-11(14(21)22)16-3-5-25-6-4-19/h1-2,7,11,16,19H,3-6,8,15H2,(H,17,20)(H,21,22). The quantitative estimate of drug-likeness (QED) is 0.152. The number of nitrogens with zero attached hydrogens (tertiary/aromatic N) is 1. The molecule has 0 radical (unpaired) electrons. The molecule has 1 atom stereocenters. The normalized spacial score (nSPS) is 11.7. The Labute approximate surface area is 142 Å². The summed E-state index contributed by atoms with van der Waals surface area (Å²) >= 11 is 0. The summed E-state index contributed by atoms with van der Waals surface area (Å²) in [5.74, 6) is -1.85. The minimum atomic E-state index is -1.22. The molecule has 0 bridgehead atoms. The molecular formula is C14H20N4O7. The number of nitrogens with one attached hydrogen (secondary N) is 2. The van der Waals surface area contributed by atoms with Crippen molar-refractivity contribution in [1.29, 1.82) is 0 Å². The molecule has 1 amide bonds. The number of amides is 1. The van der Waals surface area contributed by atoms with Crippen LogP contribution in [0, 0.1) is 10.1 Å². The topological polar surface area (TPSA) is 177 Å². The van der Waals surface area contributed by atoms with Crippen LogP contribution in [0.15, 0.2) is 18.2 Å². The smallest absolute Gasteiger partial charge is 0.321 e. The monoisotopic (exact) mass is 356 g/mol.